The number of halogens is 4. The number of Topliss-reactive ketones (excluding diaryl/α,β-unsaturated/α-hetero) is 1. The highest BCUT2D eigenvalue weighted by Crippen LogP contribution is 2.41. The number of rotatable bonds is 1. The van der Waals surface area contributed by atoms with Gasteiger partial charge < -0.3 is 5.73 Å². The molecule has 1 aliphatic carbocycles. The largest absolute Gasteiger partial charge is 0.419 e. The van der Waals surface area contributed by atoms with E-state index in [0.717, 1.165) is 18.2 Å². The molecule has 1 aromatic rings. The van der Waals surface area contributed by atoms with E-state index in [4.69, 9.17) is 5.73 Å². The maximum Gasteiger partial charge on any atom is 0.419 e. The van der Waals surface area contributed by atoms with E-state index in [-0.39, 0.29) is 12.8 Å². The van der Waals surface area contributed by atoms with E-state index in [0.29, 0.717) is 12.8 Å². The Morgan fingerprint density at radius 2 is 1.89 bits per heavy atom. The zero-order valence-electron chi connectivity index (χ0n) is 10.1. The summed E-state index contributed by atoms with van der Waals surface area (Å²) in [5.41, 5.74) is 2.27. The number of carbonyl (C=O) groups excluding carboxylic acids is 1. The minimum atomic E-state index is -4.87. The van der Waals surface area contributed by atoms with Crippen LogP contribution in [0.4, 0.5) is 17.6 Å². The smallest absolute Gasteiger partial charge is 0.315 e. The molecule has 0 radical (unpaired) electrons. The van der Waals surface area contributed by atoms with Gasteiger partial charge in [0.1, 0.15) is 11.4 Å². The van der Waals surface area contributed by atoms with Crippen molar-refractivity contribution in [3.63, 3.8) is 0 Å². The molecule has 1 unspecified atom stereocenters. The summed E-state index contributed by atoms with van der Waals surface area (Å²) in [5, 5.41) is 0. The Bertz CT molecular complexity index is 512. The quantitative estimate of drug-likeness (QED) is 0.800. The maximum atomic E-state index is 13.5. The van der Waals surface area contributed by atoms with Gasteiger partial charge in [0.25, 0.3) is 0 Å². The molecule has 0 aliphatic heterocycles. The monoisotopic (exact) mass is 275 g/mol. The summed E-state index contributed by atoms with van der Waals surface area (Å²) in [4.78, 5) is 11.9. The van der Waals surface area contributed by atoms with Gasteiger partial charge in [-0.2, -0.15) is 13.2 Å². The highest BCUT2D eigenvalue weighted by molar-refractivity contribution is 5.90. The zero-order chi connectivity index (χ0) is 14.3. The van der Waals surface area contributed by atoms with E-state index in [1.165, 1.54) is 0 Å². The lowest BCUT2D eigenvalue weighted by molar-refractivity contribution is -0.142. The van der Waals surface area contributed by atoms with Crippen LogP contribution in [0, 0.1) is 5.82 Å². The Hall–Kier alpha value is -1.43. The van der Waals surface area contributed by atoms with Gasteiger partial charge in [-0.3, -0.25) is 4.79 Å². The lowest BCUT2D eigenvalue weighted by atomic mass is 9.74. The Balaban J connectivity index is 2.62. The molecule has 1 saturated carbocycles. The van der Waals surface area contributed by atoms with Gasteiger partial charge in [-0.05, 0) is 24.5 Å². The highest BCUT2D eigenvalue weighted by atomic mass is 19.4. The lowest BCUT2D eigenvalue weighted by Gasteiger charge is -2.34. The van der Waals surface area contributed by atoms with Crippen LogP contribution < -0.4 is 5.73 Å². The first kappa shape index (κ1) is 14.0. The molecule has 19 heavy (non-hydrogen) atoms. The number of nitrogens with two attached hydrogens (primary N) is 1. The van der Waals surface area contributed by atoms with Crippen LogP contribution >= 0.6 is 0 Å². The number of benzene rings is 1. The van der Waals surface area contributed by atoms with Crippen molar-refractivity contribution in [2.75, 3.05) is 0 Å². The Morgan fingerprint density at radius 3 is 2.47 bits per heavy atom. The number of alkyl halides is 3. The molecule has 2 rings (SSSR count). The van der Waals surface area contributed by atoms with Gasteiger partial charge in [0.05, 0.1) is 5.56 Å². The van der Waals surface area contributed by atoms with Crippen molar-refractivity contribution in [2.45, 2.75) is 37.4 Å². The molecule has 0 amide bonds. The molecule has 1 aromatic carbocycles. The van der Waals surface area contributed by atoms with Gasteiger partial charge in [0.2, 0.25) is 0 Å². The average Bonchev–Trinajstić information content (AvgIpc) is 2.31. The van der Waals surface area contributed by atoms with E-state index in [1.807, 2.05) is 0 Å². The summed E-state index contributed by atoms with van der Waals surface area (Å²) in [7, 11) is 0. The number of hydrogen-bond acceptors (Lipinski definition) is 2. The summed E-state index contributed by atoms with van der Waals surface area (Å²) in [6.45, 7) is 0. The maximum absolute atomic E-state index is 13.5. The number of hydrogen-bond donors (Lipinski definition) is 1. The summed E-state index contributed by atoms with van der Waals surface area (Å²) in [6.07, 6.45) is -3.47. The summed E-state index contributed by atoms with van der Waals surface area (Å²) in [6, 6.07) is 2.97. The molecule has 1 aliphatic rings. The van der Waals surface area contributed by atoms with Gasteiger partial charge in [0, 0.05) is 6.42 Å². The first-order valence-corrected chi connectivity index (χ1v) is 5.95. The first-order chi connectivity index (χ1) is 8.77. The molecule has 2 nitrogen and oxygen atoms in total. The third-order valence-corrected chi connectivity index (χ3v) is 3.50. The highest BCUT2D eigenvalue weighted by Gasteiger charge is 2.46. The van der Waals surface area contributed by atoms with Crippen LogP contribution in [-0.4, -0.2) is 5.78 Å². The molecule has 6 heteroatoms. The Labute approximate surface area is 107 Å². The second-order valence-electron chi connectivity index (χ2n) is 4.76. The number of ketones is 1. The van der Waals surface area contributed by atoms with Crippen LogP contribution in [0.15, 0.2) is 18.2 Å². The van der Waals surface area contributed by atoms with Crippen molar-refractivity contribution in [1.29, 1.82) is 0 Å². The predicted octanol–water partition coefficient (Wildman–Crippen LogP) is 3.14. The minimum absolute atomic E-state index is 0.109. The van der Waals surface area contributed by atoms with E-state index in [9.17, 15) is 22.4 Å². The normalized spacial score (nSPS) is 24.6. The second-order valence-corrected chi connectivity index (χ2v) is 4.76. The molecule has 0 heterocycles. The Morgan fingerprint density at radius 1 is 1.21 bits per heavy atom. The molecule has 104 valence electrons. The average molecular weight is 275 g/mol. The fraction of sp³-hybridized carbons (Fsp3) is 0.462. The molecule has 1 atom stereocenters. The van der Waals surface area contributed by atoms with Crippen molar-refractivity contribution < 1.29 is 22.4 Å². The van der Waals surface area contributed by atoms with Crippen LogP contribution in [0.3, 0.4) is 0 Å². The third kappa shape index (κ3) is 2.36. The molecule has 1 fully saturated rings. The van der Waals surface area contributed by atoms with E-state index in [1.54, 1.807) is 0 Å². The van der Waals surface area contributed by atoms with Crippen LogP contribution in [0.25, 0.3) is 0 Å². The fourth-order valence-electron chi connectivity index (χ4n) is 2.52. The molecular formula is C13H13F4NO. The second kappa shape index (κ2) is 4.59. The van der Waals surface area contributed by atoms with Gasteiger partial charge in [-0.1, -0.05) is 18.6 Å². The standard InChI is InChI=1S/C13H13F4NO/c14-9-5-3-4-8(11(9)13(15,16)17)12(18)7-2-1-6-10(12)19/h3-5H,1-2,6-7,18H2. The molecular weight excluding hydrogens is 262 g/mol. The zero-order valence-corrected chi connectivity index (χ0v) is 10.1. The van der Waals surface area contributed by atoms with Crippen molar-refractivity contribution in [2.24, 2.45) is 5.73 Å². The molecule has 0 spiro atoms. The van der Waals surface area contributed by atoms with Crippen LogP contribution in [0.5, 0.6) is 0 Å². The fourth-order valence-corrected chi connectivity index (χ4v) is 2.52. The SMILES string of the molecule is NC1(c2cccc(F)c2C(F)(F)F)CCCCC1=O. The minimum Gasteiger partial charge on any atom is -0.315 e. The molecule has 2 N–H and O–H groups in total. The van der Waals surface area contributed by atoms with Crippen molar-refractivity contribution in [3.8, 4) is 0 Å². The van der Waals surface area contributed by atoms with Crippen molar-refractivity contribution >= 4 is 5.78 Å². The van der Waals surface area contributed by atoms with Crippen LogP contribution in [0.2, 0.25) is 0 Å². The van der Waals surface area contributed by atoms with Crippen LogP contribution in [-0.2, 0) is 16.5 Å². The topological polar surface area (TPSA) is 43.1 Å². The Kier molecular flexibility index (Phi) is 3.38. The first-order valence-electron chi connectivity index (χ1n) is 5.95. The van der Waals surface area contributed by atoms with Crippen molar-refractivity contribution in [3.05, 3.63) is 35.1 Å². The van der Waals surface area contributed by atoms with E-state index < -0.39 is 34.4 Å². The number of carbonyl (C=O) groups is 1. The predicted molar refractivity (Wildman–Crippen MR) is 60.7 cm³/mol. The van der Waals surface area contributed by atoms with Gasteiger partial charge in [-0.25, -0.2) is 4.39 Å². The van der Waals surface area contributed by atoms with E-state index in [2.05, 4.69) is 0 Å². The van der Waals surface area contributed by atoms with Crippen LogP contribution in [0.1, 0.15) is 36.8 Å². The van der Waals surface area contributed by atoms with E-state index >= 15 is 0 Å². The summed E-state index contributed by atoms with van der Waals surface area (Å²) >= 11 is 0. The van der Waals surface area contributed by atoms with Gasteiger partial charge in [0.15, 0.2) is 5.78 Å². The van der Waals surface area contributed by atoms with Gasteiger partial charge in [-0.15, -0.1) is 0 Å². The molecule has 0 saturated heterocycles. The third-order valence-electron chi connectivity index (χ3n) is 3.50. The lowest BCUT2D eigenvalue weighted by Crippen LogP contribution is -2.48. The summed E-state index contributed by atoms with van der Waals surface area (Å²) in [5.74, 6) is -1.86. The molecule has 0 aromatic heterocycles. The summed E-state index contributed by atoms with van der Waals surface area (Å²) < 4.78 is 52.4. The molecule has 0 bridgehead atoms. The van der Waals surface area contributed by atoms with Gasteiger partial charge >= 0.3 is 6.18 Å². The van der Waals surface area contributed by atoms with Crippen molar-refractivity contribution in [1.82, 2.24) is 0 Å².